The lowest BCUT2D eigenvalue weighted by atomic mass is 10.0. The first-order valence-corrected chi connectivity index (χ1v) is 6.07. The molecule has 1 aromatic carbocycles. The van der Waals surface area contributed by atoms with Gasteiger partial charge >= 0.3 is 0 Å². The predicted octanol–water partition coefficient (Wildman–Crippen LogP) is 2.75. The van der Waals surface area contributed by atoms with Gasteiger partial charge in [-0.2, -0.15) is 0 Å². The molecule has 18 heavy (non-hydrogen) atoms. The van der Waals surface area contributed by atoms with Gasteiger partial charge in [-0.05, 0) is 32.4 Å². The summed E-state index contributed by atoms with van der Waals surface area (Å²) in [5, 5.41) is 13.8. The molecule has 0 fully saturated rings. The van der Waals surface area contributed by atoms with Crippen molar-refractivity contribution in [2.45, 2.75) is 32.7 Å². The molecule has 0 aliphatic rings. The largest absolute Gasteiger partial charge is 0.492 e. The van der Waals surface area contributed by atoms with E-state index in [1.54, 1.807) is 12.1 Å². The quantitative estimate of drug-likeness (QED) is 0.460. The lowest BCUT2D eigenvalue weighted by Gasteiger charge is -2.24. The number of nitro benzene ring substituents is 1. The molecule has 100 valence electrons. The van der Waals surface area contributed by atoms with Crippen LogP contribution in [-0.2, 0) is 0 Å². The highest BCUT2D eigenvalue weighted by Crippen LogP contribution is 2.17. The molecule has 0 bridgehead atoms. The minimum absolute atomic E-state index is 0.0765. The van der Waals surface area contributed by atoms with Crippen molar-refractivity contribution in [3.8, 4) is 5.75 Å². The van der Waals surface area contributed by atoms with E-state index in [1.807, 2.05) is 0 Å². The smallest absolute Gasteiger partial charge is 0.269 e. The van der Waals surface area contributed by atoms with Gasteiger partial charge in [0.2, 0.25) is 0 Å². The fourth-order valence-electron chi connectivity index (χ4n) is 1.35. The number of hydrogen-bond donors (Lipinski definition) is 1. The highest BCUT2D eigenvalue weighted by molar-refractivity contribution is 5.35. The zero-order chi connectivity index (χ0) is 13.6. The van der Waals surface area contributed by atoms with E-state index in [4.69, 9.17) is 4.74 Å². The zero-order valence-electron chi connectivity index (χ0n) is 11.1. The van der Waals surface area contributed by atoms with Crippen molar-refractivity contribution in [2.24, 2.45) is 0 Å². The van der Waals surface area contributed by atoms with Crippen molar-refractivity contribution < 1.29 is 9.66 Å². The Hall–Kier alpha value is -1.62. The standard InChI is InChI=1S/C13H20N2O3/c1-4-13(2,3)14-9-10-18-12-7-5-11(6-8-12)15(16)17/h5-8,14H,4,9-10H2,1-3H3. The van der Waals surface area contributed by atoms with E-state index in [0.29, 0.717) is 12.4 Å². The molecule has 0 heterocycles. The summed E-state index contributed by atoms with van der Waals surface area (Å²) in [6.45, 7) is 7.70. The molecule has 1 rings (SSSR count). The second kappa shape index (κ2) is 6.35. The summed E-state index contributed by atoms with van der Waals surface area (Å²) in [6.07, 6.45) is 1.05. The van der Waals surface area contributed by atoms with Crippen LogP contribution < -0.4 is 10.1 Å². The molecule has 0 aliphatic heterocycles. The Bertz CT molecular complexity index is 388. The van der Waals surface area contributed by atoms with Crippen LogP contribution in [0.2, 0.25) is 0 Å². The van der Waals surface area contributed by atoms with Crippen LogP contribution in [0.5, 0.6) is 5.75 Å². The number of benzene rings is 1. The molecule has 0 saturated heterocycles. The molecule has 0 radical (unpaired) electrons. The van der Waals surface area contributed by atoms with Gasteiger partial charge in [-0.3, -0.25) is 10.1 Å². The molecule has 1 N–H and O–H groups in total. The SMILES string of the molecule is CCC(C)(C)NCCOc1ccc([N+](=O)[O-])cc1. The summed E-state index contributed by atoms with van der Waals surface area (Å²) < 4.78 is 5.50. The Labute approximate surface area is 107 Å². The van der Waals surface area contributed by atoms with Gasteiger partial charge in [0.15, 0.2) is 0 Å². The number of nitro groups is 1. The maximum atomic E-state index is 10.5. The fraction of sp³-hybridized carbons (Fsp3) is 0.538. The van der Waals surface area contributed by atoms with Crippen molar-refractivity contribution in [3.05, 3.63) is 34.4 Å². The van der Waals surface area contributed by atoms with E-state index >= 15 is 0 Å². The number of nitrogens with zero attached hydrogens (tertiary/aromatic N) is 1. The maximum Gasteiger partial charge on any atom is 0.269 e. The Morgan fingerprint density at radius 1 is 1.33 bits per heavy atom. The number of non-ortho nitro benzene ring substituents is 1. The number of hydrogen-bond acceptors (Lipinski definition) is 4. The summed E-state index contributed by atoms with van der Waals surface area (Å²) in [5.41, 5.74) is 0.186. The lowest BCUT2D eigenvalue weighted by molar-refractivity contribution is -0.384. The topological polar surface area (TPSA) is 64.4 Å². The number of nitrogens with one attached hydrogen (secondary N) is 1. The third-order valence-corrected chi connectivity index (χ3v) is 2.91. The second-order valence-corrected chi connectivity index (χ2v) is 4.76. The molecular weight excluding hydrogens is 232 g/mol. The Kier molecular flexibility index (Phi) is 5.09. The number of rotatable bonds is 7. The van der Waals surface area contributed by atoms with E-state index in [9.17, 15) is 10.1 Å². The Morgan fingerprint density at radius 3 is 2.44 bits per heavy atom. The average Bonchev–Trinajstić information content (AvgIpc) is 2.35. The first-order chi connectivity index (χ1) is 8.44. The summed E-state index contributed by atoms with van der Waals surface area (Å²) in [7, 11) is 0. The van der Waals surface area contributed by atoms with Gasteiger partial charge in [0.1, 0.15) is 12.4 Å². The normalized spacial score (nSPS) is 11.3. The van der Waals surface area contributed by atoms with Crippen LogP contribution in [0.15, 0.2) is 24.3 Å². The second-order valence-electron chi connectivity index (χ2n) is 4.76. The molecule has 5 nitrogen and oxygen atoms in total. The molecule has 0 aliphatic carbocycles. The van der Waals surface area contributed by atoms with Gasteiger partial charge in [0, 0.05) is 24.2 Å². The molecule has 0 amide bonds. The summed E-state index contributed by atoms with van der Waals surface area (Å²) in [6, 6.07) is 6.11. The fourth-order valence-corrected chi connectivity index (χ4v) is 1.35. The van der Waals surface area contributed by atoms with E-state index in [0.717, 1.165) is 13.0 Å². The first kappa shape index (κ1) is 14.4. The van der Waals surface area contributed by atoms with E-state index < -0.39 is 4.92 Å². The van der Waals surface area contributed by atoms with Crippen LogP contribution in [0.25, 0.3) is 0 Å². The lowest BCUT2D eigenvalue weighted by Crippen LogP contribution is -2.40. The maximum absolute atomic E-state index is 10.5. The molecule has 5 heteroatoms. The molecule has 0 atom stereocenters. The summed E-state index contributed by atoms with van der Waals surface area (Å²) in [4.78, 5) is 10.0. The van der Waals surface area contributed by atoms with Gasteiger partial charge < -0.3 is 10.1 Å². The monoisotopic (exact) mass is 252 g/mol. The van der Waals surface area contributed by atoms with Crippen LogP contribution in [0.3, 0.4) is 0 Å². The summed E-state index contributed by atoms with van der Waals surface area (Å²) >= 11 is 0. The highest BCUT2D eigenvalue weighted by Gasteiger charge is 2.12. The Balaban J connectivity index is 2.34. The Morgan fingerprint density at radius 2 is 1.94 bits per heavy atom. The predicted molar refractivity (Wildman–Crippen MR) is 71.0 cm³/mol. The van der Waals surface area contributed by atoms with Crippen LogP contribution in [0, 0.1) is 10.1 Å². The van der Waals surface area contributed by atoms with E-state index in [2.05, 4.69) is 26.1 Å². The van der Waals surface area contributed by atoms with Gasteiger partial charge in [-0.15, -0.1) is 0 Å². The van der Waals surface area contributed by atoms with Crippen molar-refractivity contribution in [2.75, 3.05) is 13.2 Å². The van der Waals surface area contributed by atoms with Crippen LogP contribution >= 0.6 is 0 Å². The van der Waals surface area contributed by atoms with Crippen molar-refractivity contribution in [3.63, 3.8) is 0 Å². The van der Waals surface area contributed by atoms with E-state index in [-0.39, 0.29) is 11.2 Å². The van der Waals surface area contributed by atoms with Gasteiger partial charge in [-0.1, -0.05) is 6.92 Å². The van der Waals surface area contributed by atoms with Crippen molar-refractivity contribution in [1.29, 1.82) is 0 Å². The van der Waals surface area contributed by atoms with Crippen LogP contribution in [0.4, 0.5) is 5.69 Å². The molecule has 0 saturated carbocycles. The molecule has 0 aromatic heterocycles. The summed E-state index contributed by atoms with van der Waals surface area (Å²) in [5.74, 6) is 0.650. The van der Waals surface area contributed by atoms with Crippen LogP contribution in [-0.4, -0.2) is 23.6 Å². The van der Waals surface area contributed by atoms with Gasteiger partial charge in [-0.25, -0.2) is 0 Å². The van der Waals surface area contributed by atoms with Crippen molar-refractivity contribution >= 4 is 5.69 Å². The number of ether oxygens (including phenoxy) is 1. The van der Waals surface area contributed by atoms with Crippen molar-refractivity contribution in [1.82, 2.24) is 5.32 Å². The third kappa shape index (κ3) is 4.71. The first-order valence-electron chi connectivity index (χ1n) is 6.07. The van der Waals surface area contributed by atoms with Gasteiger partial charge in [0.25, 0.3) is 5.69 Å². The minimum Gasteiger partial charge on any atom is -0.492 e. The highest BCUT2D eigenvalue weighted by atomic mass is 16.6. The minimum atomic E-state index is -0.422. The van der Waals surface area contributed by atoms with E-state index in [1.165, 1.54) is 12.1 Å². The van der Waals surface area contributed by atoms with Crippen LogP contribution in [0.1, 0.15) is 27.2 Å². The molecular formula is C13H20N2O3. The third-order valence-electron chi connectivity index (χ3n) is 2.91. The molecule has 0 unspecified atom stereocenters. The molecule has 1 aromatic rings. The van der Waals surface area contributed by atoms with Gasteiger partial charge in [0.05, 0.1) is 4.92 Å². The molecule has 0 spiro atoms. The zero-order valence-corrected chi connectivity index (χ0v) is 11.1. The average molecular weight is 252 g/mol.